The van der Waals surface area contributed by atoms with Gasteiger partial charge in [0.2, 0.25) is 0 Å². The van der Waals surface area contributed by atoms with Crippen LogP contribution < -0.4 is 0 Å². The van der Waals surface area contributed by atoms with Crippen molar-refractivity contribution in [2.24, 2.45) is 0 Å². The Morgan fingerprint density at radius 3 is 1.06 bits per heavy atom. The monoisotopic (exact) mass is 516 g/mol. The quantitative estimate of drug-likeness (QED) is 0.113. The van der Waals surface area contributed by atoms with Crippen molar-refractivity contribution >= 4 is 17.6 Å². The summed E-state index contributed by atoms with van der Waals surface area (Å²) in [7, 11) is 0. The summed E-state index contributed by atoms with van der Waals surface area (Å²) < 4.78 is 43.0. The van der Waals surface area contributed by atoms with Crippen molar-refractivity contribution in [2.75, 3.05) is 112 Å². The first-order valence-corrected chi connectivity index (χ1v) is 12.7. The molecule has 0 amide bonds. The third-order valence-corrected chi connectivity index (χ3v) is 4.50. The molecule has 0 fully saturated rings. The zero-order valence-electron chi connectivity index (χ0n) is 20.6. The van der Waals surface area contributed by atoms with Crippen molar-refractivity contribution in [1.29, 1.82) is 0 Å². The number of carboxylic acids is 1. The molecule has 0 saturated heterocycles. The van der Waals surface area contributed by atoms with Crippen LogP contribution in [0.2, 0.25) is 0 Å². The second kappa shape index (κ2) is 30.5. The molecule has 0 aromatic heterocycles. The summed E-state index contributed by atoms with van der Waals surface area (Å²) in [6.45, 7) is 8.02. The van der Waals surface area contributed by atoms with Gasteiger partial charge in [-0.1, -0.05) is 12.8 Å². The van der Waals surface area contributed by atoms with E-state index in [1.165, 1.54) is 12.8 Å². The maximum Gasteiger partial charge on any atom is 0.305 e. The molecule has 0 spiro atoms. The summed E-state index contributed by atoms with van der Waals surface area (Å²) in [4.78, 5) is 10.3. The Labute approximate surface area is 209 Å². The number of hydrogen-bond donors (Lipinski definition) is 1. The van der Waals surface area contributed by atoms with Crippen molar-refractivity contribution < 1.29 is 47.8 Å². The van der Waals surface area contributed by atoms with Crippen LogP contribution in [0.1, 0.15) is 32.1 Å². The van der Waals surface area contributed by atoms with Gasteiger partial charge in [0.1, 0.15) is 0 Å². The molecule has 0 radical (unpaired) electrons. The minimum absolute atomic E-state index is 0.00508. The van der Waals surface area contributed by atoms with Crippen LogP contribution in [0.3, 0.4) is 0 Å². The van der Waals surface area contributed by atoms with Crippen molar-refractivity contribution in [3.63, 3.8) is 0 Å². The molecule has 0 atom stereocenters. The van der Waals surface area contributed by atoms with Gasteiger partial charge in [-0.15, -0.1) is 11.6 Å². The van der Waals surface area contributed by atoms with E-state index in [0.717, 1.165) is 25.3 Å². The zero-order chi connectivity index (χ0) is 24.8. The fraction of sp³-hybridized carbons (Fsp3) is 0.957. The van der Waals surface area contributed by atoms with Crippen molar-refractivity contribution in [3.05, 3.63) is 0 Å². The Bertz CT molecular complexity index is 404. The van der Waals surface area contributed by atoms with Crippen LogP contribution in [0.15, 0.2) is 0 Å². The molecule has 0 unspecified atom stereocenters. The predicted molar refractivity (Wildman–Crippen MR) is 128 cm³/mol. The number of aliphatic carboxylic acids is 1. The summed E-state index contributed by atoms with van der Waals surface area (Å²) in [6, 6.07) is 0. The predicted octanol–water partition coefficient (Wildman–Crippen LogP) is 2.39. The molecule has 0 aliphatic heterocycles. The lowest BCUT2D eigenvalue weighted by atomic mass is 10.2. The molecule has 0 aliphatic carbocycles. The molecule has 0 aromatic carbocycles. The summed E-state index contributed by atoms with van der Waals surface area (Å²) in [5, 5.41) is 8.46. The van der Waals surface area contributed by atoms with Crippen LogP contribution in [0.25, 0.3) is 0 Å². The number of ether oxygens (including phenoxy) is 8. The Kier molecular flexibility index (Phi) is 30.0. The molecule has 0 heterocycles. The van der Waals surface area contributed by atoms with E-state index in [2.05, 4.69) is 0 Å². The number of carbonyl (C=O) groups is 1. The van der Waals surface area contributed by atoms with E-state index < -0.39 is 5.97 Å². The van der Waals surface area contributed by atoms with Gasteiger partial charge in [-0.3, -0.25) is 4.79 Å². The highest BCUT2D eigenvalue weighted by Gasteiger charge is 1.97. The molecule has 0 aromatic rings. The first kappa shape index (κ1) is 33.4. The highest BCUT2D eigenvalue weighted by molar-refractivity contribution is 6.17. The molecular formula is C23H45ClO10. The van der Waals surface area contributed by atoms with E-state index in [1.807, 2.05) is 0 Å². The largest absolute Gasteiger partial charge is 0.481 e. The number of carboxylic acid groups (broad SMARTS) is 1. The molecule has 11 heteroatoms. The third kappa shape index (κ3) is 31.4. The van der Waals surface area contributed by atoms with Gasteiger partial charge in [0.25, 0.3) is 0 Å². The molecule has 0 rings (SSSR count). The number of halogens is 1. The smallest absolute Gasteiger partial charge is 0.305 e. The SMILES string of the molecule is O=C(O)CCOCCOCCOCCOCCOCCOCCOCCOCCCCCCCl. The maximum absolute atomic E-state index is 10.3. The van der Waals surface area contributed by atoms with Crippen LogP contribution in [-0.4, -0.2) is 123 Å². The van der Waals surface area contributed by atoms with Crippen molar-refractivity contribution in [1.82, 2.24) is 0 Å². The Hall–Kier alpha value is -0.560. The fourth-order valence-electron chi connectivity index (χ4n) is 2.45. The van der Waals surface area contributed by atoms with Gasteiger partial charge in [0.15, 0.2) is 0 Å². The average Bonchev–Trinajstić information content (AvgIpc) is 2.83. The van der Waals surface area contributed by atoms with E-state index in [1.54, 1.807) is 0 Å². The van der Waals surface area contributed by atoms with Gasteiger partial charge in [-0.2, -0.15) is 0 Å². The summed E-state index contributed by atoms with van der Waals surface area (Å²) in [5.74, 6) is -0.127. The Balaban J connectivity index is 3.01. The molecule has 10 nitrogen and oxygen atoms in total. The fourth-order valence-corrected chi connectivity index (χ4v) is 2.64. The third-order valence-electron chi connectivity index (χ3n) is 4.24. The number of unbranched alkanes of at least 4 members (excludes halogenated alkanes) is 3. The van der Waals surface area contributed by atoms with E-state index >= 15 is 0 Å². The molecule has 1 N–H and O–H groups in total. The highest BCUT2D eigenvalue weighted by Crippen LogP contribution is 2.01. The van der Waals surface area contributed by atoms with Gasteiger partial charge in [0.05, 0.1) is 106 Å². The molecule has 34 heavy (non-hydrogen) atoms. The molecule has 0 aliphatic rings. The van der Waals surface area contributed by atoms with Crippen molar-refractivity contribution in [2.45, 2.75) is 32.1 Å². The van der Waals surface area contributed by atoms with Crippen LogP contribution in [0, 0.1) is 0 Å². The molecule has 0 bridgehead atoms. The van der Waals surface area contributed by atoms with Crippen molar-refractivity contribution in [3.8, 4) is 0 Å². The van der Waals surface area contributed by atoms with Crippen LogP contribution in [0.4, 0.5) is 0 Å². The van der Waals surface area contributed by atoms with Gasteiger partial charge in [-0.25, -0.2) is 0 Å². The second-order valence-electron chi connectivity index (χ2n) is 7.15. The van der Waals surface area contributed by atoms with E-state index in [-0.39, 0.29) is 13.0 Å². The van der Waals surface area contributed by atoms with E-state index in [9.17, 15) is 4.79 Å². The molecule has 204 valence electrons. The zero-order valence-corrected chi connectivity index (χ0v) is 21.3. The minimum atomic E-state index is -0.869. The minimum Gasteiger partial charge on any atom is -0.481 e. The second-order valence-corrected chi connectivity index (χ2v) is 7.52. The van der Waals surface area contributed by atoms with Crippen LogP contribution in [0.5, 0.6) is 0 Å². The summed E-state index contributed by atoms with van der Waals surface area (Å²) >= 11 is 5.63. The lowest BCUT2D eigenvalue weighted by Gasteiger charge is -2.08. The normalized spacial score (nSPS) is 11.3. The lowest BCUT2D eigenvalue weighted by Crippen LogP contribution is -2.15. The van der Waals surface area contributed by atoms with Crippen LogP contribution in [-0.2, 0) is 42.7 Å². The molecule has 0 saturated carbocycles. The van der Waals surface area contributed by atoms with Gasteiger partial charge in [0, 0.05) is 12.5 Å². The highest BCUT2D eigenvalue weighted by atomic mass is 35.5. The van der Waals surface area contributed by atoms with Gasteiger partial charge in [-0.05, 0) is 12.8 Å². The van der Waals surface area contributed by atoms with Gasteiger partial charge >= 0.3 is 5.97 Å². The first-order chi connectivity index (χ1) is 16.8. The van der Waals surface area contributed by atoms with E-state index in [4.69, 9.17) is 54.6 Å². The Morgan fingerprint density at radius 2 is 0.735 bits per heavy atom. The van der Waals surface area contributed by atoms with Crippen LogP contribution >= 0.6 is 11.6 Å². The summed E-state index contributed by atoms with van der Waals surface area (Å²) in [6.07, 6.45) is 4.49. The van der Waals surface area contributed by atoms with Gasteiger partial charge < -0.3 is 43.0 Å². The first-order valence-electron chi connectivity index (χ1n) is 12.2. The molecular weight excluding hydrogens is 472 g/mol. The maximum atomic E-state index is 10.3. The number of rotatable bonds is 30. The average molecular weight is 517 g/mol. The standard InChI is InChI=1S/C23H45ClO10/c24-6-3-1-2-4-7-27-9-11-29-13-15-31-17-19-33-21-22-34-20-18-32-16-14-30-12-10-28-8-5-23(25)26/h1-22H2,(H,25,26). The lowest BCUT2D eigenvalue weighted by molar-refractivity contribution is -0.138. The number of hydrogen-bond acceptors (Lipinski definition) is 9. The van der Waals surface area contributed by atoms with E-state index in [0.29, 0.717) is 92.5 Å². The Morgan fingerprint density at radius 1 is 0.441 bits per heavy atom. The topological polar surface area (TPSA) is 111 Å². The summed E-state index contributed by atoms with van der Waals surface area (Å²) in [5.41, 5.74) is 0. The number of alkyl halides is 1.